The number of rotatable bonds is 6. The molecule has 0 saturated carbocycles. The van der Waals surface area contributed by atoms with Gasteiger partial charge in [0, 0.05) is 25.2 Å². The van der Waals surface area contributed by atoms with Gasteiger partial charge in [0.25, 0.3) is 5.91 Å². The minimum absolute atomic E-state index is 0.117. The molecule has 0 heterocycles. The molecule has 0 spiro atoms. The van der Waals surface area contributed by atoms with Crippen LogP contribution in [0.15, 0.2) is 29.2 Å². The van der Waals surface area contributed by atoms with Gasteiger partial charge in [0.15, 0.2) is 0 Å². The molecule has 1 atom stereocenters. The van der Waals surface area contributed by atoms with Crippen molar-refractivity contribution in [3.8, 4) is 0 Å². The fourth-order valence-corrected chi connectivity index (χ4v) is 3.11. The van der Waals surface area contributed by atoms with E-state index in [-0.39, 0.29) is 23.4 Å². The van der Waals surface area contributed by atoms with Gasteiger partial charge in [0.2, 0.25) is 10.0 Å². The Morgan fingerprint density at radius 2 is 1.76 bits per heavy atom. The van der Waals surface area contributed by atoms with Gasteiger partial charge < -0.3 is 10.0 Å². The van der Waals surface area contributed by atoms with Crippen LogP contribution in [0.1, 0.15) is 31.1 Å². The number of nitrogens with zero attached hydrogens (tertiary/aromatic N) is 1. The zero-order valence-corrected chi connectivity index (χ0v) is 13.5. The molecule has 118 valence electrons. The number of hydrogen-bond donors (Lipinski definition) is 2. The first kappa shape index (κ1) is 17.6. The number of likely N-dealkylation sites (N-methyl/N-ethyl adjacent to an activating group) is 1. The van der Waals surface area contributed by atoms with Crippen LogP contribution in [0.25, 0.3) is 0 Å². The van der Waals surface area contributed by atoms with Crippen LogP contribution >= 0.6 is 0 Å². The molecule has 0 saturated heterocycles. The average molecular weight is 314 g/mol. The number of hydrogen-bond acceptors (Lipinski definition) is 4. The van der Waals surface area contributed by atoms with Gasteiger partial charge in [-0.2, -0.15) is 0 Å². The van der Waals surface area contributed by atoms with Crippen molar-refractivity contribution in [2.24, 2.45) is 0 Å². The summed E-state index contributed by atoms with van der Waals surface area (Å²) in [5.41, 5.74) is 0.377. The van der Waals surface area contributed by atoms with Gasteiger partial charge in [-0.25, -0.2) is 13.1 Å². The van der Waals surface area contributed by atoms with Crippen LogP contribution in [0.5, 0.6) is 0 Å². The van der Waals surface area contributed by atoms with Crippen molar-refractivity contribution in [1.29, 1.82) is 0 Å². The molecule has 0 aromatic heterocycles. The summed E-state index contributed by atoms with van der Waals surface area (Å²) >= 11 is 0. The largest absolute Gasteiger partial charge is 0.392 e. The molecule has 1 aromatic carbocycles. The van der Waals surface area contributed by atoms with E-state index in [1.165, 1.54) is 29.2 Å². The van der Waals surface area contributed by atoms with Crippen molar-refractivity contribution in [2.75, 3.05) is 13.6 Å². The van der Waals surface area contributed by atoms with E-state index in [2.05, 4.69) is 4.72 Å². The maximum absolute atomic E-state index is 12.1. The molecule has 1 amide bonds. The number of carbonyl (C=O) groups excluding carboxylic acids is 1. The second-order valence-electron chi connectivity index (χ2n) is 5.34. The summed E-state index contributed by atoms with van der Waals surface area (Å²) in [6.07, 6.45) is -0.617. The first-order valence-electron chi connectivity index (χ1n) is 6.69. The van der Waals surface area contributed by atoms with Gasteiger partial charge in [-0.15, -0.1) is 0 Å². The lowest BCUT2D eigenvalue weighted by atomic mass is 10.2. The molecule has 0 bridgehead atoms. The Kier molecular flexibility index (Phi) is 5.88. The SMILES string of the molecule is CC(O)CN(C)C(=O)c1ccc(S(=O)(=O)NC(C)C)cc1. The van der Waals surface area contributed by atoms with Crippen LogP contribution in [0, 0.1) is 0 Å². The first-order chi connectivity index (χ1) is 9.63. The summed E-state index contributed by atoms with van der Waals surface area (Å²) in [5, 5.41) is 9.27. The Morgan fingerprint density at radius 3 is 2.19 bits per heavy atom. The van der Waals surface area contributed by atoms with E-state index in [9.17, 15) is 18.3 Å². The molecule has 1 aromatic rings. The Morgan fingerprint density at radius 1 is 1.24 bits per heavy atom. The molecule has 1 rings (SSSR count). The maximum Gasteiger partial charge on any atom is 0.253 e. The second kappa shape index (κ2) is 7.02. The minimum Gasteiger partial charge on any atom is -0.392 e. The van der Waals surface area contributed by atoms with Crippen LogP contribution in [-0.4, -0.2) is 50.1 Å². The average Bonchev–Trinajstić information content (AvgIpc) is 2.35. The monoisotopic (exact) mass is 314 g/mol. The number of aliphatic hydroxyl groups excluding tert-OH is 1. The molecule has 0 fully saturated rings. The van der Waals surface area contributed by atoms with Gasteiger partial charge >= 0.3 is 0 Å². The van der Waals surface area contributed by atoms with Crippen LogP contribution in [0.4, 0.5) is 0 Å². The number of nitrogens with one attached hydrogen (secondary N) is 1. The third-order valence-corrected chi connectivity index (χ3v) is 4.36. The fourth-order valence-electron chi connectivity index (χ4n) is 1.85. The molecule has 0 aliphatic rings. The van der Waals surface area contributed by atoms with E-state index >= 15 is 0 Å². The molecule has 7 heteroatoms. The quantitative estimate of drug-likeness (QED) is 0.814. The summed E-state index contributed by atoms with van der Waals surface area (Å²) in [6, 6.07) is 5.53. The van der Waals surface area contributed by atoms with E-state index in [1.807, 2.05) is 0 Å². The summed E-state index contributed by atoms with van der Waals surface area (Å²) in [5.74, 6) is -0.267. The topological polar surface area (TPSA) is 86.7 Å². The Labute approximate surface area is 125 Å². The lowest BCUT2D eigenvalue weighted by Gasteiger charge is -2.19. The third kappa shape index (κ3) is 5.11. The van der Waals surface area contributed by atoms with Crippen LogP contribution < -0.4 is 4.72 Å². The number of benzene rings is 1. The summed E-state index contributed by atoms with van der Waals surface area (Å²) in [7, 11) is -1.97. The highest BCUT2D eigenvalue weighted by Crippen LogP contribution is 2.12. The number of amides is 1. The smallest absolute Gasteiger partial charge is 0.253 e. The maximum atomic E-state index is 12.1. The highest BCUT2D eigenvalue weighted by atomic mass is 32.2. The van der Waals surface area contributed by atoms with E-state index in [0.717, 1.165) is 0 Å². The number of carbonyl (C=O) groups is 1. The van der Waals surface area contributed by atoms with Crippen molar-refractivity contribution in [3.63, 3.8) is 0 Å². The molecule has 6 nitrogen and oxygen atoms in total. The van der Waals surface area contributed by atoms with Crippen molar-refractivity contribution in [3.05, 3.63) is 29.8 Å². The normalized spacial score (nSPS) is 13.2. The standard InChI is InChI=1S/C14H22N2O4S/c1-10(2)15-21(19,20)13-7-5-12(6-8-13)14(18)16(4)9-11(3)17/h5-8,10-11,15,17H,9H2,1-4H3. The van der Waals surface area contributed by atoms with E-state index in [0.29, 0.717) is 5.56 Å². The van der Waals surface area contributed by atoms with Crippen molar-refractivity contribution in [2.45, 2.75) is 37.8 Å². The predicted octanol–water partition coefficient (Wildman–Crippen LogP) is 0.826. The molecular weight excluding hydrogens is 292 g/mol. The summed E-state index contributed by atoms with van der Waals surface area (Å²) in [4.78, 5) is 13.6. The highest BCUT2D eigenvalue weighted by Gasteiger charge is 2.17. The van der Waals surface area contributed by atoms with Crippen LogP contribution in [-0.2, 0) is 10.0 Å². The van der Waals surface area contributed by atoms with E-state index in [1.54, 1.807) is 27.8 Å². The van der Waals surface area contributed by atoms with Gasteiger partial charge in [-0.05, 0) is 45.0 Å². The van der Waals surface area contributed by atoms with E-state index < -0.39 is 16.1 Å². The second-order valence-corrected chi connectivity index (χ2v) is 7.05. The van der Waals surface area contributed by atoms with Gasteiger partial charge in [0.05, 0.1) is 11.0 Å². The fraction of sp³-hybridized carbons (Fsp3) is 0.500. The van der Waals surface area contributed by atoms with E-state index in [4.69, 9.17) is 0 Å². The predicted molar refractivity (Wildman–Crippen MR) is 80.5 cm³/mol. The molecule has 0 aliphatic heterocycles. The lowest BCUT2D eigenvalue weighted by molar-refractivity contribution is 0.0703. The highest BCUT2D eigenvalue weighted by molar-refractivity contribution is 7.89. The molecule has 0 radical (unpaired) electrons. The molecule has 21 heavy (non-hydrogen) atoms. The number of aliphatic hydroxyl groups is 1. The zero-order valence-electron chi connectivity index (χ0n) is 12.7. The minimum atomic E-state index is -3.56. The van der Waals surface area contributed by atoms with Crippen LogP contribution in [0.3, 0.4) is 0 Å². The summed E-state index contributed by atoms with van der Waals surface area (Å²) in [6.45, 7) is 5.28. The molecular formula is C14H22N2O4S. The molecule has 2 N–H and O–H groups in total. The van der Waals surface area contributed by atoms with Gasteiger partial charge in [0.1, 0.15) is 0 Å². The van der Waals surface area contributed by atoms with Crippen molar-refractivity contribution >= 4 is 15.9 Å². The zero-order chi connectivity index (χ0) is 16.2. The Balaban J connectivity index is 2.90. The molecule has 1 unspecified atom stereocenters. The van der Waals surface area contributed by atoms with Crippen LogP contribution in [0.2, 0.25) is 0 Å². The first-order valence-corrected chi connectivity index (χ1v) is 8.17. The Hall–Kier alpha value is -1.44. The van der Waals surface area contributed by atoms with Gasteiger partial charge in [-0.1, -0.05) is 0 Å². The third-order valence-electron chi connectivity index (χ3n) is 2.69. The van der Waals surface area contributed by atoms with Crippen molar-refractivity contribution in [1.82, 2.24) is 9.62 Å². The molecule has 0 aliphatic carbocycles. The Bertz CT molecular complexity index is 579. The number of sulfonamides is 1. The summed E-state index contributed by atoms with van der Waals surface area (Å²) < 4.78 is 26.4. The van der Waals surface area contributed by atoms with Crippen molar-refractivity contribution < 1.29 is 18.3 Å². The lowest BCUT2D eigenvalue weighted by Crippen LogP contribution is -2.33. The van der Waals surface area contributed by atoms with Gasteiger partial charge in [-0.3, -0.25) is 4.79 Å².